The molecule has 1 heterocycles. The van der Waals surface area contributed by atoms with Crippen molar-refractivity contribution in [2.45, 2.75) is 38.2 Å². The van der Waals surface area contributed by atoms with Crippen molar-refractivity contribution in [1.29, 1.82) is 0 Å². The summed E-state index contributed by atoms with van der Waals surface area (Å²) < 4.78 is 11.4. The molecule has 6 nitrogen and oxygen atoms in total. The fraction of sp³-hybridized carbons (Fsp3) is 0.381. The molecule has 7 heteroatoms. The number of nitrogens with one attached hydrogen (secondary N) is 1. The largest absolute Gasteiger partial charge is 0.492 e. The molecule has 28 heavy (non-hydrogen) atoms. The van der Waals surface area contributed by atoms with Crippen LogP contribution in [0.4, 0.5) is 0 Å². The van der Waals surface area contributed by atoms with Crippen molar-refractivity contribution in [1.82, 2.24) is 5.32 Å². The van der Waals surface area contributed by atoms with E-state index < -0.39 is 25.1 Å². The van der Waals surface area contributed by atoms with Gasteiger partial charge >= 0.3 is 7.12 Å². The summed E-state index contributed by atoms with van der Waals surface area (Å²) in [7, 11) is -1.68. The molecule has 0 bridgehead atoms. The summed E-state index contributed by atoms with van der Waals surface area (Å²) in [5.74, 6) is -0.403. The Morgan fingerprint density at radius 1 is 1.25 bits per heavy atom. The Labute approximate surface area is 165 Å². The minimum Gasteiger partial charge on any atom is -0.492 e. The Morgan fingerprint density at radius 2 is 2.00 bits per heavy atom. The van der Waals surface area contributed by atoms with Crippen LogP contribution >= 0.6 is 0 Å². The van der Waals surface area contributed by atoms with Gasteiger partial charge in [-0.3, -0.25) is 4.79 Å². The lowest BCUT2D eigenvalue weighted by atomic mass is 9.73. The SMILES string of the molecule is CCOC(C(=O)NC(CC1COc2c(C)cccc21)B(O)O)c1ccccc1. The molecule has 1 aliphatic rings. The number of hydrogen-bond acceptors (Lipinski definition) is 5. The van der Waals surface area contributed by atoms with Gasteiger partial charge in [-0.25, -0.2) is 0 Å². The zero-order chi connectivity index (χ0) is 20.1. The molecule has 3 N–H and O–H groups in total. The van der Waals surface area contributed by atoms with E-state index in [4.69, 9.17) is 9.47 Å². The molecule has 3 atom stereocenters. The first-order chi connectivity index (χ1) is 13.5. The van der Waals surface area contributed by atoms with Gasteiger partial charge in [0.15, 0.2) is 6.10 Å². The van der Waals surface area contributed by atoms with Crippen LogP contribution in [0.1, 0.15) is 42.1 Å². The number of fused-ring (bicyclic) bond motifs is 1. The molecule has 1 amide bonds. The van der Waals surface area contributed by atoms with E-state index in [0.29, 0.717) is 19.6 Å². The summed E-state index contributed by atoms with van der Waals surface area (Å²) in [5, 5.41) is 22.5. The van der Waals surface area contributed by atoms with Crippen molar-refractivity contribution >= 4 is 13.0 Å². The van der Waals surface area contributed by atoms with Crippen molar-refractivity contribution in [3.63, 3.8) is 0 Å². The summed E-state index contributed by atoms with van der Waals surface area (Å²) in [5.41, 5.74) is 2.80. The quantitative estimate of drug-likeness (QED) is 0.608. The van der Waals surface area contributed by atoms with Crippen LogP contribution in [0, 0.1) is 6.92 Å². The van der Waals surface area contributed by atoms with Gasteiger partial charge in [0.2, 0.25) is 0 Å². The number of ether oxygens (including phenoxy) is 2. The molecule has 0 saturated carbocycles. The second kappa shape index (κ2) is 9.23. The van der Waals surface area contributed by atoms with Gasteiger partial charge in [0.05, 0.1) is 12.5 Å². The van der Waals surface area contributed by atoms with E-state index >= 15 is 0 Å². The molecule has 0 aliphatic carbocycles. The predicted molar refractivity (Wildman–Crippen MR) is 107 cm³/mol. The molecule has 0 radical (unpaired) electrons. The Morgan fingerprint density at radius 3 is 2.68 bits per heavy atom. The maximum Gasteiger partial charge on any atom is 0.475 e. The number of amides is 1. The molecular weight excluding hydrogens is 357 g/mol. The lowest BCUT2D eigenvalue weighted by Crippen LogP contribution is -2.49. The van der Waals surface area contributed by atoms with Gasteiger partial charge in [-0.05, 0) is 31.4 Å². The summed E-state index contributed by atoms with van der Waals surface area (Å²) in [4.78, 5) is 12.8. The zero-order valence-electron chi connectivity index (χ0n) is 16.2. The van der Waals surface area contributed by atoms with Crippen LogP contribution in [0.3, 0.4) is 0 Å². The molecular formula is C21H26BNO5. The third-order valence-corrected chi connectivity index (χ3v) is 5.01. The van der Waals surface area contributed by atoms with Gasteiger partial charge in [-0.15, -0.1) is 0 Å². The van der Waals surface area contributed by atoms with Gasteiger partial charge < -0.3 is 24.8 Å². The average molecular weight is 383 g/mol. The first-order valence-electron chi connectivity index (χ1n) is 9.56. The van der Waals surface area contributed by atoms with Gasteiger partial charge in [0, 0.05) is 18.1 Å². The molecule has 0 spiro atoms. The van der Waals surface area contributed by atoms with E-state index in [1.54, 1.807) is 0 Å². The maximum absolute atomic E-state index is 12.8. The summed E-state index contributed by atoms with van der Waals surface area (Å²) in [6.45, 7) is 4.61. The molecule has 0 saturated heterocycles. The van der Waals surface area contributed by atoms with Crippen LogP contribution in [0.5, 0.6) is 5.75 Å². The smallest absolute Gasteiger partial charge is 0.475 e. The number of rotatable bonds is 8. The lowest BCUT2D eigenvalue weighted by Gasteiger charge is -2.24. The minimum absolute atomic E-state index is 0.0238. The lowest BCUT2D eigenvalue weighted by molar-refractivity contribution is -0.133. The van der Waals surface area contributed by atoms with E-state index in [0.717, 1.165) is 22.4 Å². The van der Waals surface area contributed by atoms with Crippen LogP contribution in [0.2, 0.25) is 0 Å². The fourth-order valence-electron chi connectivity index (χ4n) is 3.60. The summed E-state index contributed by atoms with van der Waals surface area (Å²) in [6.07, 6.45) is -0.449. The number of aryl methyl sites for hydroxylation is 1. The number of carbonyl (C=O) groups is 1. The molecule has 148 valence electrons. The number of benzene rings is 2. The summed E-state index contributed by atoms with van der Waals surface area (Å²) in [6, 6.07) is 15.1. The zero-order valence-corrected chi connectivity index (χ0v) is 16.2. The summed E-state index contributed by atoms with van der Waals surface area (Å²) >= 11 is 0. The molecule has 3 unspecified atom stereocenters. The second-order valence-corrected chi connectivity index (χ2v) is 7.01. The highest BCUT2D eigenvalue weighted by Gasteiger charge is 2.35. The predicted octanol–water partition coefficient (Wildman–Crippen LogP) is 2.14. The molecule has 0 fully saturated rings. The third kappa shape index (κ3) is 4.55. The standard InChI is InChI=1S/C21H26BNO5/c1-3-27-20(15-9-5-4-6-10-15)21(24)23-18(22(25)26)12-16-13-28-19-14(2)8-7-11-17(16)19/h4-11,16,18,20,25-26H,3,12-13H2,1-2H3,(H,23,24). The Kier molecular flexibility index (Phi) is 6.72. The van der Waals surface area contributed by atoms with Crippen molar-refractivity contribution in [3.05, 3.63) is 65.2 Å². The molecule has 0 aromatic heterocycles. The number of carbonyl (C=O) groups excluding carboxylic acids is 1. The van der Waals surface area contributed by atoms with Crippen molar-refractivity contribution in [3.8, 4) is 5.75 Å². The van der Waals surface area contributed by atoms with Crippen molar-refractivity contribution in [2.75, 3.05) is 13.2 Å². The van der Waals surface area contributed by atoms with Crippen LogP contribution < -0.4 is 10.1 Å². The highest BCUT2D eigenvalue weighted by Crippen LogP contribution is 2.38. The Hall–Kier alpha value is -2.35. The second-order valence-electron chi connectivity index (χ2n) is 7.01. The monoisotopic (exact) mass is 383 g/mol. The average Bonchev–Trinajstić information content (AvgIpc) is 3.10. The fourth-order valence-corrected chi connectivity index (χ4v) is 3.60. The number of hydrogen-bond donors (Lipinski definition) is 3. The van der Waals surface area contributed by atoms with Crippen molar-refractivity contribution in [2.24, 2.45) is 0 Å². The molecule has 2 aromatic carbocycles. The highest BCUT2D eigenvalue weighted by molar-refractivity contribution is 6.43. The Balaban J connectivity index is 1.73. The van der Waals surface area contributed by atoms with Crippen molar-refractivity contribution < 1.29 is 24.3 Å². The Bertz CT molecular complexity index is 799. The van der Waals surface area contributed by atoms with Gasteiger partial charge in [0.1, 0.15) is 5.75 Å². The van der Waals surface area contributed by atoms with Gasteiger partial charge in [-0.1, -0.05) is 48.5 Å². The first kappa shape index (κ1) is 20.4. The van der Waals surface area contributed by atoms with E-state index in [2.05, 4.69) is 5.32 Å². The van der Waals surface area contributed by atoms with Gasteiger partial charge in [-0.2, -0.15) is 0 Å². The van der Waals surface area contributed by atoms with Crippen LogP contribution in [0.15, 0.2) is 48.5 Å². The topological polar surface area (TPSA) is 88.0 Å². The molecule has 1 aliphatic heterocycles. The minimum atomic E-state index is -1.68. The number of para-hydroxylation sites is 1. The van der Waals surface area contributed by atoms with E-state index in [9.17, 15) is 14.8 Å². The van der Waals surface area contributed by atoms with E-state index in [-0.39, 0.29) is 5.92 Å². The highest BCUT2D eigenvalue weighted by atomic mass is 16.5. The van der Waals surface area contributed by atoms with Crippen LogP contribution in [-0.4, -0.2) is 42.2 Å². The first-order valence-corrected chi connectivity index (χ1v) is 9.56. The normalized spacial score (nSPS) is 17.4. The van der Waals surface area contributed by atoms with Gasteiger partial charge in [0.25, 0.3) is 5.91 Å². The molecule has 3 rings (SSSR count). The van der Waals surface area contributed by atoms with Crippen LogP contribution in [-0.2, 0) is 9.53 Å². The van der Waals surface area contributed by atoms with E-state index in [1.807, 2.05) is 62.4 Å². The van der Waals surface area contributed by atoms with Crippen LogP contribution in [0.25, 0.3) is 0 Å². The maximum atomic E-state index is 12.8. The van der Waals surface area contributed by atoms with E-state index in [1.165, 1.54) is 0 Å². The molecule has 2 aromatic rings. The third-order valence-electron chi connectivity index (χ3n) is 5.01.